The van der Waals surface area contributed by atoms with E-state index in [1.54, 1.807) is 6.07 Å². The second-order valence-electron chi connectivity index (χ2n) is 5.05. The molecule has 0 aliphatic heterocycles. The Morgan fingerprint density at radius 1 is 1.25 bits per heavy atom. The summed E-state index contributed by atoms with van der Waals surface area (Å²) in [6.07, 6.45) is 0.271. The second-order valence-corrected chi connectivity index (χ2v) is 7.86. The molecule has 2 heterocycles. The maximum Gasteiger partial charge on any atom is 0.253 e. The van der Waals surface area contributed by atoms with Gasteiger partial charge < -0.3 is 9.30 Å². The Morgan fingerprint density at radius 2 is 2.08 bits per heavy atom. The molecule has 0 aliphatic rings. The van der Waals surface area contributed by atoms with E-state index in [1.807, 2.05) is 42.7 Å². The summed E-state index contributed by atoms with van der Waals surface area (Å²) in [7, 11) is 0. The number of halogens is 1. The molecule has 7 heteroatoms. The molecule has 0 unspecified atom stereocenters. The van der Waals surface area contributed by atoms with Gasteiger partial charge >= 0.3 is 0 Å². The minimum Gasteiger partial charge on any atom is -0.492 e. The van der Waals surface area contributed by atoms with Crippen LogP contribution in [0.15, 0.2) is 35.3 Å². The molecule has 24 heavy (non-hydrogen) atoms. The van der Waals surface area contributed by atoms with Crippen LogP contribution in [0.5, 0.6) is 5.75 Å². The van der Waals surface area contributed by atoms with Crippen molar-refractivity contribution in [2.45, 2.75) is 26.8 Å². The zero-order valence-corrected chi connectivity index (χ0v) is 15.8. The summed E-state index contributed by atoms with van der Waals surface area (Å²) < 4.78 is 9.50. The van der Waals surface area contributed by atoms with Crippen molar-refractivity contribution < 1.29 is 9.53 Å². The number of benzene rings is 1. The molecule has 0 saturated carbocycles. The topological polar surface area (TPSA) is 43.6 Å². The van der Waals surface area contributed by atoms with Crippen molar-refractivity contribution in [3.8, 4) is 5.75 Å². The van der Waals surface area contributed by atoms with Crippen molar-refractivity contribution in [3.05, 3.63) is 44.3 Å². The summed E-state index contributed by atoms with van der Waals surface area (Å²) >= 11 is 8.83. The van der Waals surface area contributed by atoms with Crippen LogP contribution < -0.4 is 9.54 Å². The quantitative estimate of drug-likeness (QED) is 0.653. The molecule has 126 valence electrons. The Morgan fingerprint density at radius 3 is 2.75 bits per heavy atom. The number of para-hydroxylation sites is 1. The molecule has 0 aliphatic carbocycles. The Kier molecular flexibility index (Phi) is 5.38. The van der Waals surface area contributed by atoms with E-state index in [4.69, 9.17) is 16.3 Å². The predicted molar refractivity (Wildman–Crippen MR) is 100 cm³/mol. The lowest BCUT2D eigenvalue weighted by Gasteiger charge is -2.07. The van der Waals surface area contributed by atoms with Gasteiger partial charge in [0, 0.05) is 11.4 Å². The van der Waals surface area contributed by atoms with Crippen LogP contribution in [0.2, 0.25) is 4.34 Å². The summed E-state index contributed by atoms with van der Waals surface area (Å²) in [6.45, 7) is 5.32. The molecule has 4 nitrogen and oxygen atoms in total. The first-order valence-electron chi connectivity index (χ1n) is 7.69. The van der Waals surface area contributed by atoms with Crippen molar-refractivity contribution in [1.82, 2.24) is 4.57 Å². The zero-order chi connectivity index (χ0) is 17.1. The van der Waals surface area contributed by atoms with Crippen LogP contribution in [-0.2, 0) is 17.8 Å². The number of hydrogen-bond donors (Lipinski definition) is 0. The van der Waals surface area contributed by atoms with Crippen LogP contribution in [0, 0.1) is 0 Å². The van der Waals surface area contributed by atoms with Crippen LogP contribution in [-0.4, -0.2) is 17.1 Å². The van der Waals surface area contributed by atoms with Crippen LogP contribution in [0.1, 0.15) is 18.7 Å². The number of fused-ring (bicyclic) bond motifs is 1. The number of hydrogen-bond acceptors (Lipinski definition) is 4. The number of rotatable bonds is 5. The molecular formula is C17H17ClN2O2S2. The minimum atomic E-state index is -0.166. The third-order valence-corrected chi connectivity index (χ3v) is 5.73. The van der Waals surface area contributed by atoms with E-state index in [-0.39, 0.29) is 12.3 Å². The van der Waals surface area contributed by atoms with Crippen LogP contribution in [0.3, 0.4) is 0 Å². The molecule has 0 N–H and O–H groups in total. The lowest BCUT2D eigenvalue weighted by atomic mass is 10.3. The summed E-state index contributed by atoms with van der Waals surface area (Å²) in [5.41, 5.74) is 0.998. The van der Waals surface area contributed by atoms with Crippen LogP contribution in [0.25, 0.3) is 10.2 Å². The van der Waals surface area contributed by atoms with E-state index in [0.29, 0.717) is 15.7 Å². The molecule has 0 atom stereocenters. The van der Waals surface area contributed by atoms with Gasteiger partial charge in [0.25, 0.3) is 5.91 Å². The van der Waals surface area contributed by atoms with Crippen molar-refractivity contribution in [2.24, 2.45) is 4.99 Å². The van der Waals surface area contributed by atoms with E-state index in [9.17, 15) is 4.79 Å². The number of thiazole rings is 1. The molecular weight excluding hydrogens is 364 g/mol. The molecule has 3 rings (SSSR count). The van der Waals surface area contributed by atoms with Gasteiger partial charge in [-0.2, -0.15) is 4.99 Å². The number of carbonyl (C=O) groups excluding carboxylic acids is 1. The lowest BCUT2D eigenvalue weighted by molar-refractivity contribution is -0.117. The largest absolute Gasteiger partial charge is 0.492 e. The van der Waals surface area contributed by atoms with Crippen molar-refractivity contribution >= 4 is 50.4 Å². The van der Waals surface area contributed by atoms with Gasteiger partial charge in [0.2, 0.25) is 0 Å². The predicted octanol–water partition coefficient (Wildman–Crippen LogP) is 4.51. The highest BCUT2D eigenvalue weighted by atomic mass is 35.5. The number of amides is 1. The number of aryl methyl sites for hydroxylation is 1. The molecule has 2 aromatic heterocycles. The number of aromatic nitrogens is 1. The van der Waals surface area contributed by atoms with Gasteiger partial charge in [0.1, 0.15) is 11.3 Å². The van der Waals surface area contributed by atoms with Gasteiger partial charge in [-0.25, -0.2) is 0 Å². The Hall–Kier alpha value is -1.63. The molecule has 0 saturated heterocycles. The first-order chi connectivity index (χ1) is 11.6. The van der Waals surface area contributed by atoms with E-state index < -0.39 is 0 Å². The monoisotopic (exact) mass is 380 g/mol. The number of nitrogens with zero attached hydrogens (tertiary/aromatic N) is 2. The van der Waals surface area contributed by atoms with Crippen molar-refractivity contribution in [3.63, 3.8) is 0 Å². The molecule has 0 fully saturated rings. The molecule has 0 radical (unpaired) electrons. The first kappa shape index (κ1) is 17.2. The molecule has 1 aromatic carbocycles. The standard InChI is InChI=1S/C17H17ClN2O2S2/c1-3-20-16-12(22-4-2)6-5-7-13(16)24-17(20)19-15(21)10-11-8-9-14(18)23-11/h5-9H,3-4,10H2,1-2H3. The maximum absolute atomic E-state index is 12.3. The van der Waals surface area contributed by atoms with Gasteiger partial charge in [0.05, 0.1) is 22.1 Å². The lowest BCUT2D eigenvalue weighted by Crippen LogP contribution is -2.16. The van der Waals surface area contributed by atoms with Gasteiger partial charge in [-0.05, 0) is 38.1 Å². The fraction of sp³-hybridized carbons (Fsp3) is 0.294. The van der Waals surface area contributed by atoms with Crippen LogP contribution in [0.4, 0.5) is 0 Å². The average Bonchev–Trinajstić information content (AvgIpc) is 3.11. The van der Waals surface area contributed by atoms with Crippen molar-refractivity contribution in [1.29, 1.82) is 0 Å². The van der Waals surface area contributed by atoms with E-state index in [0.717, 1.165) is 27.4 Å². The fourth-order valence-corrected chi connectivity index (χ4v) is 4.70. The average molecular weight is 381 g/mol. The van der Waals surface area contributed by atoms with E-state index in [2.05, 4.69) is 4.99 Å². The van der Waals surface area contributed by atoms with E-state index >= 15 is 0 Å². The molecule has 0 bridgehead atoms. The fourth-order valence-electron chi connectivity index (χ4n) is 2.49. The Labute approximate surface area is 153 Å². The molecule has 0 spiro atoms. The number of ether oxygens (including phenoxy) is 1. The smallest absolute Gasteiger partial charge is 0.253 e. The minimum absolute atomic E-state index is 0.166. The normalized spacial score (nSPS) is 12.0. The third kappa shape index (κ3) is 3.55. The SMILES string of the molecule is CCOc1cccc2sc(=NC(=O)Cc3ccc(Cl)s3)n(CC)c12. The molecule has 1 amide bonds. The summed E-state index contributed by atoms with van der Waals surface area (Å²) in [6, 6.07) is 9.60. The van der Waals surface area contributed by atoms with Gasteiger partial charge in [0.15, 0.2) is 4.80 Å². The number of thiophene rings is 1. The summed E-state index contributed by atoms with van der Waals surface area (Å²) in [5.74, 6) is 0.660. The summed E-state index contributed by atoms with van der Waals surface area (Å²) in [5, 5.41) is 0. The maximum atomic E-state index is 12.3. The highest BCUT2D eigenvalue weighted by Crippen LogP contribution is 2.27. The van der Waals surface area contributed by atoms with Gasteiger partial charge in [-0.15, -0.1) is 11.3 Å². The Bertz CT molecular complexity index is 940. The first-order valence-corrected chi connectivity index (χ1v) is 9.70. The summed E-state index contributed by atoms with van der Waals surface area (Å²) in [4.78, 5) is 18.3. The zero-order valence-electron chi connectivity index (χ0n) is 13.4. The van der Waals surface area contributed by atoms with Gasteiger partial charge in [-0.1, -0.05) is 29.0 Å². The van der Waals surface area contributed by atoms with Crippen molar-refractivity contribution in [2.75, 3.05) is 6.61 Å². The Balaban J connectivity index is 2.02. The van der Waals surface area contributed by atoms with Crippen LogP contribution >= 0.6 is 34.3 Å². The highest BCUT2D eigenvalue weighted by Gasteiger charge is 2.12. The highest BCUT2D eigenvalue weighted by molar-refractivity contribution is 7.16. The van der Waals surface area contributed by atoms with Gasteiger partial charge in [-0.3, -0.25) is 4.79 Å². The second kappa shape index (κ2) is 7.51. The molecule has 3 aromatic rings. The van der Waals surface area contributed by atoms with E-state index in [1.165, 1.54) is 22.7 Å². The third-order valence-electron chi connectivity index (χ3n) is 3.45. The number of carbonyl (C=O) groups is 1.